The van der Waals surface area contributed by atoms with Crippen molar-refractivity contribution in [3.05, 3.63) is 35.4 Å². The number of benzene rings is 1. The maximum absolute atomic E-state index is 13.5. The largest absolute Gasteiger partial charge is 0.380 e. The Morgan fingerprint density at radius 1 is 1.33 bits per heavy atom. The maximum Gasteiger partial charge on any atom is 0.191 e. The van der Waals surface area contributed by atoms with Crippen LogP contribution in [-0.4, -0.2) is 32.8 Å². The minimum absolute atomic E-state index is 0. The molecule has 1 heterocycles. The predicted octanol–water partition coefficient (Wildman–Crippen LogP) is 2.28. The van der Waals surface area contributed by atoms with Gasteiger partial charge in [0.15, 0.2) is 5.96 Å². The molecule has 118 valence electrons. The van der Waals surface area contributed by atoms with Crippen molar-refractivity contribution in [1.29, 1.82) is 0 Å². The van der Waals surface area contributed by atoms with Gasteiger partial charge >= 0.3 is 0 Å². The molecule has 0 bridgehead atoms. The number of hydrogen-bond donors (Lipinski definition) is 2. The lowest BCUT2D eigenvalue weighted by Gasteiger charge is -2.38. The van der Waals surface area contributed by atoms with Crippen molar-refractivity contribution in [1.82, 2.24) is 10.6 Å². The van der Waals surface area contributed by atoms with E-state index in [2.05, 4.69) is 22.5 Å². The van der Waals surface area contributed by atoms with Crippen molar-refractivity contribution >= 4 is 29.9 Å². The lowest BCUT2D eigenvalue weighted by molar-refractivity contribution is -0.0971. The van der Waals surface area contributed by atoms with E-state index >= 15 is 0 Å². The Hall–Kier alpha value is -0.960. The van der Waals surface area contributed by atoms with Gasteiger partial charge < -0.3 is 15.4 Å². The molecule has 7 heteroatoms. The SMILES string of the molecule is CN=C(NCc1cc(F)ccc1F)NCC1(C)COC1.I. The first-order valence-electron chi connectivity index (χ1n) is 6.49. The molecule has 1 aromatic rings. The van der Waals surface area contributed by atoms with Crippen LogP contribution in [0.3, 0.4) is 0 Å². The number of aliphatic imine (C=N–C) groups is 1. The van der Waals surface area contributed by atoms with Gasteiger partial charge in [-0.15, -0.1) is 24.0 Å². The highest BCUT2D eigenvalue weighted by atomic mass is 127. The fourth-order valence-corrected chi connectivity index (χ4v) is 1.93. The van der Waals surface area contributed by atoms with Crippen LogP contribution in [0.2, 0.25) is 0 Å². The van der Waals surface area contributed by atoms with E-state index in [9.17, 15) is 8.78 Å². The van der Waals surface area contributed by atoms with E-state index in [1.54, 1.807) is 7.05 Å². The first kappa shape index (κ1) is 18.1. The van der Waals surface area contributed by atoms with Crippen LogP contribution < -0.4 is 10.6 Å². The Balaban J connectivity index is 0.00000220. The molecule has 2 rings (SSSR count). The van der Waals surface area contributed by atoms with Crippen LogP contribution >= 0.6 is 24.0 Å². The summed E-state index contributed by atoms with van der Waals surface area (Å²) >= 11 is 0. The highest BCUT2D eigenvalue weighted by molar-refractivity contribution is 14.0. The van der Waals surface area contributed by atoms with Crippen LogP contribution in [0, 0.1) is 17.0 Å². The van der Waals surface area contributed by atoms with Crippen molar-refractivity contribution in [2.45, 2.75) is 13.5 Å². The molecule has 0 unspecified atom stereocenters. The average Bonchev–Trinajstić information content (AvgIpc) is 2.40. The Morgan fingerprint density at radius 2 is 2.05 bits per heavy atom. The smallest absolute Gasteiger partial charge is 0.191 e. The van der Waals surface area contributed by atoms with Crippen LogP contribution in [0.4, 0.5) is 8.78 Å². The second-order valence-electron chi connectivity index (χ2n) is 5.32. The maximum atomic E-state index is 13.5. The van der Waals surface area contributed by atoms with Crippen LogP contribution in [0.25, 0.3) is 0 Å². The summed E-state index contributed by atoms with van der Waals surface area (Å²) in [6.07, 6.45) is 0. The third kappa shape index (κ3) is 5.06. The van der Waals surface area contributed by atoms with Gasteiger partial charge in [0.25, 0.3) is 0 Å². The molecule has 0 aromatic heterocycles. The number of ether oxygens (including phenoxy) is 1. The zero-order valence-corrected chi connectivity index (χ0v) is 14.4. The topological polar surface area (TPSA) is 45.7 Å². The Bertz CT molecular complexity index is 507. The van der Waals surface area contributed by atoms with Crippen molar-refractivity contribution < 1.29 is 13.5 Å². The summed E-state index contributed by atoms with van der Waals surface area (Å²) in [6.45, 7) is 4.45. The van der Waals surface area contributed by atoms with E-state index in [1.807, 2.05) is 0 Å². The lowest BCUT2D eigenvalue weighted by atomic mass is 9.89. The van der Waals surface area contributed by atoms with Crippen LogP contribution in [0.1, 0.15) is 12.5 Å². The number of nitrogens with zero attached hydrogens (tertiary/aromatic N) is 1. The van der Waals surface area contributed by atoms with Crippen LogP contribution in [0.5, 0.6) is 0 Å². The van der Waals surface area contributed by atoms with Gasteiger partial charge in [-0.05, 0) is 18.2 Å². The minimum atomic E-state index is -0.453. The molecule has 2 N–H and O–H groups in total. The van der Waals surface area contributed by atoms with Gasteiger partial charge in [0, 0.05) is 31.1 Å². The molecule has 4 nitrogen and oxygen atoms in total. The van der Waals surface area contributed by atoms with E-state index in [0.717, 1.165) is 31.9 Å². The summed E-state index contributed by atoms with van der Waals surface area (Å²) in [4.78, 5) is 4.05. The molecule has 0 aliphatic carbocycles. The first-order chi connectivity index (χ1) is 9.52. The van der Waals surface area contributed by atoms with Crippen molar-refractivity contribution in [3.63, 3.8) is 0 Å². The summed E-state index contributed by atoms with van der Waals surface area (Å²) in [5.74, 6) is -0.333. The van der Waals surface area contributed by atoms with E-state index in [0.29, 0.717) is 5.96 Å². The third-order valence-corrected chi connectivity index (χ3v) is 3.26. The van der Waals surface area contributed by atoms with E-state index in [1.165, 1.54) is 6.07 Å². The zero-order chi connectivity index (χ0) is 14.6. The van der Waals surface area contributed by atoms with Gasteiger partial charge in [-0.25, -0.2) is 8.78 Å². The van der Waals surface area contributed by atoms with Crippen LogP contribution in [-0.2, 0) is 11.3 Å². The molecular formula is C14H20F2IN3O. The van der Waals surface area contributed by atoms with E-state index in [-0.39, 0.29) is 41.5 Å². The molecule has 0 amide bonds. The third-order valence-electron chi connectivity index (χ3n) is 3.26. The number of guanidine groups is 1. The Labute approximate surface area is 140 Å². The second-order valence-corrected chi connectivity index (χ2v) is 5.32. The summed E-state index contributed by atoms with van der Waals surface area (Å²) < 4.78 is 31.7. The average molecular weight is 411 g/mol. The normalized spacial score (nSPS) is 16.7. The van der Waals surface area contributed by atoms with E-state index < -0.39 is 11.6 Å². The monoisotopic (exact) mass is 411 g/mol. The Morgan fingerprint density at radius 3 is 2.62 bits per heavy atom. The van der Waals surface area contributed by atoms with E-state index in [4.69, 9.17) is 4.74 Å². The molecule has 0 atom stereocenters. The molecule has 1 fully saturated rings. The number of nitrogens with one attached hydrogen (secondary N) is 2. The van der Waals surface area contributed by atoms with Crippen molar-refractivity contribution in [2.75, 3.05) is 26.8 Å². The minimum Gasteiger partial charge on any atom is -0.380 e. The van der Waals surface area contributed by atoms with Gasteiger partial charge in [0.1, 0.15) is 11.6 Å². The predicted molar refractivity (Wildman–Crippen MR) is 88.9 cm³/mol. The van der Waals surface area contributed by atoms with Gasteiger partial charge in [-0.3, -0.25) is 4.99 Å². The van der Waals surface area contributed by atoms with Crippen LogP contribution in [0.15, 0.2) is 23.2 Å². The quantitative estimate of drug-likeness (QED) is 0.454. The van der Waals surface area contributed by atoms with Gasteiger partial charge in [-0.1, -0.05) is 6.92 Å². The molecule has 1 aliphatic heterocycles. The fraction of sp³-hybridized carbons (Fsp3) is 0.500. The molecular weight excluding hydrogens is 391 g/mol. The lowest BCUT2D eigenvalue weighted by Crippen LogP contribution is -2.50. The Kier molecular flexibility index (Phi) is 6.79. The zero-order valence-electron chi connectivity index (χ0n) is 12.1. The summed E-state index contributed by atoms with van der Waals surface area (Å²) in [5, 5.41) is 6.12. The molecule has 1 aromatic carbocycles. The van der Waals surface area contributed by atoms with Crippen molar-refractivity contribution in [3.8, 4) is 0 Å². The first-order valence-corrected chi connectivity index (χ1v) is 6.49. The van der Waals surface area contributed by atoms with Gasteiger partial charge in [-0.2, -0.15) is 0 Å². The summed E-state index contributed by atoms with van der Waals surface area (Å²) in [6, 6.07) is 3.40. The van der Waals surface area contributed by atoms with Gasteiger partial charge in [0.2, 0.25) is 0 Å². The molecule has 0 spiro atoms. The molecule has 1 saturated heterocycles. The molecule has 0 saturated carbocycles. The highest BCUT2D eigenvalue weighted by Gasteiger charge is 2.33. The summed E-state index contributed by atoms with van der Waals surface area (Å²) in [5.41, 5.74) is 0.382. The highest BCUT2D eigenvalue weighted by Crippen LogP contribution is 2.24. The summed E-state index contributed by atoms with van der Waals surface area (Å²) in [7, 11) is 1.64. The molecule has 0 radical (unpaired) electrons. The molecule has 1 aliphatic rings. The number of rotatable bonds is 4. The molecule has 21 heavy (non-hydrogen) atoms. The fourth-order valence-electron chi connectivity index (χ4n) is 1.93. The number of halogens is 3. The van der Waals surface area contributed by atoms with Crippen molar-refractivity contribution in [2.24, 2.45) is 10.4 Å². The second kappa shape index (κ2) is 7.88. The number of hydrogen-bond acceptors (Lipinski definition) is 2. The van der Waals surface area contributed by atoms with Gasteiger partial charge in [0.05, 0.1) is 13.2 Å². The standard InChI is InChI=1S/C14H19F2N3O.HI/c1-14(8-20-9-14)7-19-13(17-2)18-6-10-5-11(15)3-4-12(10)16;/h3-5H,6-9H2,1-2H3,(H2,17,18,19);1H.